The minimum atomic E-state index is -3.36. The van der Waals surface area contributed by atoms with Gasteiger partial charge >= 0.3 is 7.60 Å². The van der Waals surface area contributed by atoms with E-state index in [0.29, 0.717) is 11.3 Å². The van der Waals surface area contributed by atoms with Crippen molar-refractivity contribution in [2.45, 2.75) is 24.9 Å². The Hall–Kier alpha value is -0.880. The first-order chi connectivity index (χ1) is 9.75. The van der Waals surface area contributed by atoms with Crippen LogP contribution in [0.1, 0.15) is 19.4 Å². The highest BCUT2D eigenvalue weighted by atomic mass is 32.2. The molecule has 0 saturated carbocycles. The molecule has 1 aromatic carbocycles. The lowest BCUT2D eigenvalue weighted by Crippen LogP contribution is -2.03. The largest absolute Gasteiger partial charge is 0.496 e. The monoisotopic (exact) mass is 336 g/mol. The second-order valence-corrected chi connectivity index (χ2v) is 8.42. The third-order valence-electron chi connectivity index (χ3n) is 2.70. The number of rotatable bonds is 8. The molecule has 0 heterocycles. The Morgan fingerprint density at radius 3 is 2.14 bits per heavy atom. The van der Waals surface area contributed by atoms with Gasteiger partial charge in [-0.05, 0) is 32.0 Å². The lowest BCUT2D eigenvalue weighted by molar-refractivity contribution is 0.219. The van der Waals surface area contributed by atoms with Crippen LogP contribution in [0.2, 0.25) is 0 Å². The summed E-state index contributed by atoms with van der Waals surface area (Å²) in [5.74, 6) is 0.446. The van der Waals surface area contributed by atoms with Crippen molar-refractivity contribution < 1.29 is 26.8 Å². The Morgan fingerprint density at radius 2 is 1.71 bits per heavy atom. The standard InChI is InChI=1S/C13H21O6PS/c1-5-18-20(14,19-6-2)10-11-9-12(21(4,15)16)7-8-13(11)17-3/h7-9H,5-6,10H2,1-4H3. The summed E-state index contributed by atoms with van der Waals surface area (Å²) < 4.78 is 51.5. The first kappa shape index (κ1) is 18.2. The first-order valence-electron chi connectivity index (χ1n) is 6.51. The SMILES string of the molecule is CCOP(=O)(Cc1cc(S(C)(=O)=O)ccc1OC)OCC. The highest BCUT2D eigenvalue weighted by molar-refractivity contribution is 7.90. The first-order valence-corrected chi connectivity index (χ1v) is 10.1. The summed E-state index contributed by atoms with van der Waals surface area (Å²) in [4.78, 5) is 0.137. The molecule has 0 unspecified atom stereocenters. The molecule has 6 nitrogen and oxygen atoms in total. The van der Waals surface area contributed by atoms with Gasteiger partial charge in [0.1, 0.15) is 5.75 Å². The second-order valence-electron chi connectivity index (χ2n) is 4.35. The Kier molecular flexibility index (Phi) is 6.41. The summed E-state index contributed by atoms with van der Waals surface area (Å²) in [5, 5.41) is 0. The lowest BCUT2D eigenvalue weighted by Gasteiger charge is -2.18. The third-order valence-corrected chi connectivity index (χ3v) is 5.84. The summed E-state index contributed by atoms with van der Waals surface area (Å²) in [6.07, 6.45) is 1.07. The van der Waals surface area contributed by atoms with E-state index in [-0.39, 0.29) is 24.3 Å². The smallest absolute Gasteiger partial charge is 0.335 e. The Morgan fingerprint density at radius 1 is 1.14 bits per heavy atom. The molecule has 0 saturated heterocycles. The van der Waals surface area contributed by atoms with Crippen molar-refractivity contribution in [2.24, 2.45) is 0 Å². The number of sulfone groups is 1. The van der Waals surface area contributed by atoms with E-state index in [9.17, 15) is 13.0 Å². The topological polar surface area (TPSA) is 78.9 Å². The molecule has 0 fully saturated rings. The summed E-state index contributed by atoms with van der Waals surface area (Å²) in [5.41, 5.74) is 0.477. The zero-order chi connectivity index (χ0) is 16.1. The van der Waals surface area contributed by atoms with Crippen molar-refractivity contribution in [1.82, 2.24) is 0 Å². The molecule has 0 aliphatic carbocycles. The average Bonchev–Trinajstić information content (AvgIpc) is 2.37. The van der Waals surface area contributed by atoms with Gasteiger partial charge in [-0.3, -0.25) is 4.57 Å². The van der Waals surface area contributed by atoms with Crippen LogP contribution in [0.5, 0.6) is 5.75 Å². The van der Waals surface area contributed by atoms with Crippen molar-refractivity contribution in [3.8, 4) is 5.75 Å². The predicted molar refractivity (Wildman–Crippen MR) is 80.7 cm³/mol. The van der Waals surface area contributed by atoms with E-state index >= 15 is 0 Å². The van der Waals surface area contributed by atoms with E-state index in [2.05, 4.69) is 0 Å². The average molecular weight is 336 g/mol. The van der Waals surface area contributed by atoms with Gasteiger partial charge < -0.3 is 13.8 Å². The molecule has 0 bridgehead atoms. The van der Waals surface area contributed by atoms with Crippen LogP contribution < -0.4 is 4.74 Å². The highest BCUT2D eigenvalue weighted by Crippen LogP contribution is 2.52. The fourth-order valence-corrected chi connectivity index (χ4v) is 4.22. The van der Waals surface area contributed by atoms with E-state index in [1.54, 1.807) is 13.8 Å². The van der Waals surface area contributed by atoms with Crippen LogP contribution >= 0.6 is 7.60 Å². The molecule has 120 valence electrons. The van der Waals surface area contributed by atoms with Crippen LogP contribution in [-0.4, -0.2) is 35.0 Å². The van der Waals surface area contributed by atoms with Crippen LogP contribution in [0.3, 0.4) is 0 Å². The zero-order valence-electron chi connectivity index (χ0n) is 12.7. The van der Waals surface area contributed by atoms with Crippen LogP contribution in [-0.2, 0) is 29.6 Å². The van der Waals surface area contributed by atoms with Crippen molar-refractivity contribution in [2.75, 3.05) is 26.6 Å². The normalized spacial score (nSPS) is 12.4. The van der Waals surface area contributed by atoms with Crippen LogP contribution in [0.15, 0.2) is 23.1 Å². The summed E-state index contributed by atoms with van der Waals surface area (Å²) >= 11 is 0. The summed E-state index contributed by atoms with van der Waals surface area (Å²) in [6.45, 7) is 3.92. The molecule has 8 heteroatoms. The van der Waals surface area contributed by atoms with Gasteiger partial charge in [0.2, 0.25) is 0 Å². The molecule has 0 atom stereocenters. The van der Waals surface area contributed by atoms with Crippen molar-refractivity contribution >= 4 is 17.4 Å². The molecule has 1 aromatic rings. The molecule has 0 aromatic heterocycles. The highest BCUT2D eigenvalue weighted by Gasteiger charge is 2.26. The quantitative estimate of drug-likeness (QED) is 0.679. The molecule has 0 spiro atoms. The van der Waals surface area contributed by atoms with E-state index in [1.165, 1.54) is 25.3 Å². The molecule has 21 heavy (non-hydrogen) atoms. The molecule has 0 N–H and O–H groups in total. The minimum Gasteiger partial charge on any atom is -0.496 e. The van der Waals surface area contributed by atoms with E-state index in [4.69, 9.17) is 13.8 Å². The number of hydrogen-bond acceptors (Lipinski definition) is 6. The van der Waals surface area contributed by atoms with Gasteiger partial charge in [-0.15, -0.1) is 0 Å². The maximum absolute atomic E-state index is 12.6. The number of methoxy groups -OCH3 is 1. The molecule has 0 aliphatic heterocycles. The van der Waals surface area contributed by atoms with Gasteiger partial charge in [0, 0.05) is 11.8 Å². The Labute approximate surface area is 125 Å². The molecule has 1 rings (SSSR count). The van der Waals surface area contributed by atoms with Gasteiger partial charge in [0.25, 0.3) is 0 Å². The van der Waals surface area contributed by atoms with Gasteiger partial charge in [0.05, 0.1) is 31.4 Å². The maximum atomic E-state index is 12.6. The Bertz CT molecular complexity index is 616. The summed E-state index contributed by atoms with van der Waals surface area (Å²) in [6, 6.07) is 4.43. The summed E-state index contributed by atoms with van der Waals surface area (Å²) in [7, 11) is -5.22. The fourth-order valence-electron chi connectivity index (χ4n) is 1.84. The van der Waals surface area contributed by atoms with Gasteiger partial charge in [0.15, 0.2) is 9.84 Å². The van der Waals surface area contributed by atoms with Crippen LogP contribution in [0.4, 0.5) is 0 Å². The lowest BCUT2D eigenvalue weighted by atomic mass is 10.2. The van der Waals surface area contributed by atoms with Crippen molar-refractivity contribution in [1.29, 1.82) is 0 Å². The van der Waals surface area contributed by atoms with Gasteiger partial charge in [-0.2, -0.15) is 0 Å². The molecule has 0 amide bonds. The number of ether oxygens (including phenoxy) is 1. The second kappa shape index (κ2) is 7.40. The van der Waals surface area contributed by atoms with Crippen molar-refractivity contribution in [3.63, 3.8) is 0 Å². The van der Waals surface area contributed by atoms with E-state index < -0.39 is 17.4 Å². The van der Waals surface area contributed by atoms with E-state index in [0.717, 1.165) is 6.26 Å². The van der Waals surface area contributed by atoms with E-state index in [1.807, 2.05) is 0 Å². The number of benzene rings is 1. The third kappa shape index (κ3) is 5.11. The van der Waals surface area contributed by atoms with Crippen molar-refractivity contribution in [3.05, 3.63) is 23.8 Å². The Balaban J connectivity index is 3.23. The minimum absolute atomic E-state index is 0.0405. The van der Waals surface area contributed by atoms with Crippen LogP contribution in [0, 0.1) is 0 Å². The zero-order valence-corrected chi connectivity index (χ0v) is 14.4. The van der Waals surface area contributed by atoms with Gasteiger partial charge in [-0.1, -0.05) is 0 Å². The van der Waals surface area contributed by atoms with Gasteiger partial charge in [-0.25, -0.2) is 8.42 Å². The predicted octanol–water partition coefficient (Wildman–Crippen LogP) is 2.86. The molecular formula is C13H21O6PS. The maximum Gasteiger partial charge on any atom is 0.335 e. The number of hydrogen-bond donors (Lipinski definition) is 0. The fraction of sp³-hybridized carbons (Fsp3) is 0.538. The molecular weight excluding hydrogens is 315 g/mol. The molecule has 0 aliphatic rings. The molecule has 0 radical (unpaired) electrons. The van der Waals surface area contributed by atoms with Crippen LogP contribution in [0.25, 0.3) is 0 Å².